The largest absolute Gasteiger partial charge is 0.351 e. The molecule has 2 heterocycles. The predicted molar refractivity (Wildman–Crippen MR) is 96.2 cm³/mol. The maximum Gasteiger partial charge on any atom is 0.237 e. The first-order valence-electron chi connectivity index (χ1n) is 8.45. The minimum Gasteiger partial charge on any atom is -0.351 e. The first kappa shape index (κ1) is 15.6. The fraction of sp³-hybridized carbons (Fsp3) is 0.200. The summed E-state index contributed by atoms with van der Waals surface area (Å²) in [6, 6.07) is 16.1. The van der Waals surface area contributed by atoms with Crippen LogP contribution in [0.15, 0.2) is 67.3 Å². The lowest BCUT2D eigenvalue weighted by molar-refractivity contribution is -0.123. The van der Waals surface area contributed by atoms with E-state index in [0.29, 0.717) is 6.54 Å². The second-order valence-corrected chi connectivity index (χ2v) is 6.22. The van der Waals surface area contributed by atoms with Crippen molar-refractivity contribution in [2.75, 3.05) is 0 Å². The molecule has 126 valence electrons. The SMILES string of the molecule is O=C(NCc1ccccc1-n1ccnc1)C1Cc2ccccc2CN1. The van der Waals surface area contributed by atoms with Crippen LogP contribution in [-0.4, -0.2) is 21.5 Å². The zero-order valence-corrected chi connectivity index (χ0v) is 13.9. The Morgan fingerprint density at radius 2 is 1.96 bits per heavy atom. The van der Waals surface area contributed by atoms with Crippen LogP contribution in [0.4, 0.5) is 0 Å². The number of carbonyl (C=O) groups excluding carboxylic acids is 1. The van der Waals surface area contributed by atoms with Crippen LogP contribution in [0.1, 0.15) is 16.7 Å². The Morgan fingerprint density at radius 3 is 2.80 bits per heavy atom. The van der Waals surface area contributed by atoms with Gasteiger partial charge in [0, 0.05) is 25.5 Å². The zero-order chi connectivity index (χ0) is 17.1. The molecule has 5 nitrogen and oxygen atoms in total. The van der Waals surface area contributed by atoms with Gasteiger partial charge in [-0.1, -0.05) is 42.5 Å². The van der Waals surface area contributed by atoms with Crippen molar-refractivity contribution in [1.29, 1.82) is 0 Å². The van der Waals surface area contributed by atoms with Gasteiger partial charge in [0.1, 0.15) is 0 Å². The van der Waals surface area contributed by atoms with Crippen molar-refractivity contribution in [3.8, 4) is 5.69 Å². The molecule has 0 fully saturated rings. The summed E-state index contributed by atoms with van der Waals surface area (Å²) in [6.45, 7) is 1.23. The third kappa shape index (κ3) is 3.32. The maximum atomic E-state index is 12.6. The van der Waals surface area contributed by atoms with Gasteiger partial charge in [0.25, 0.3) is 0 Å². The third-order valence-electron chi connectivity index (χ3n) is 4.63. The van der Waals surface area contributed by atoms with E-state index in [2.05, 4.69) is 27.8 Å². The number of benzene rings is 2. The van der Waals surface area contributed by atoms with Crippen molar-refractivity contribution in [2.24, 2.45) is 0 Å². The molecule has 5 heteroatoms. The van der Waals surface area contributed by atoms with Gasteiger partial charge in [0.15, 0.2) is 0 Å². The zero-order valence-electron chi connectivity index (χ0n) is 13.9. The Morgan fingerprint density at radius 1 is 1.16 bits per heavy atom. The number of hydrogen-bond donors (Lipinski definition) is 2. The number of nitrogens with zero attached hydrogens (tertiary/aromatic N) is 2. The molecule has 25 heavy (non-hydrogen) atoms. The predicted octanol–water partition coefficient (Wildman–Crippen LogP) is 2.20. The molecule has 1 aromatic heterocycles. The molecule has 1 atom stereocenters. The van der Waals surface area contributed by atoms with Crippen LogP contribution in [-0.2, 0) is 24.3 Å². The van der Waals surface area contributed by atoms with Crippen molar-refractivity contribution in [3.05, 3.63) is 83.9 Å². The molecule has 1 amide bonds. The van der Waals surface area contributed by atoms with E-state index in [9.17, 15) is 4.79 Å². The van der Waals surface area contributed by atoms with Crippen LogP contribution in [0.2, 0.25) is 0 Å². The number of nitrogens with one attached hydrogen (secondary N) is 2. The van der Waals surface area contributed by atoms with E-state index < -0.39 is 0 Å². The van der Waals surface area contributed by atoms with Crippen LogP contribution in [0.3, 0.4) is 0 Å². The molecule has 1 aliphatic heterocycles. The van der Waals surface area contributed by atoms with Gasteiger partial charge in [-0.25, -0.2) is 4.98 Å². The van der Waals surface area contributed by atoms with E-state index in [-0.39, 0.29) is 11.9 Å². The van der Waals surface area contributed by atoms with Gasteiger partial charge in [-0.2, -0.15) is 0 Å². The molecular weight excluding hydrogens is 312 g/mol. The fourth-order valence-electron chi connectivity index (χ4n) is 3.26. The van der Waals surface area contributed by atoms with Crippen LogP contribution in [0.5, 0.6) is 0 Å². The topological polar surface area (TPSA) is 59.0 Å². The molecule has 0 aliphatic carbocycles. The summed E-state index contributed by atoms with van der Waals surface area (Å²) in [5.74, 6) is 0.0370. The number of para-hydroxylation sites is 1. The normalized spacial score (nSPS) is 16.2. The number of imidazole rings is 1. The highest BCUT2D eigenvalue weighted by Gasteiger charge is 2.23. The number of aromatic nitrogens is 2. The monoisotopic (exact) mass is 332 g/mol. The molecule has 2 aromatic carbocycles. The summed E-state index contributed by atoms with van der Waals surface area (Å²) in [6.07, 6.45) is 6.14. The van der Waals surface area contributed by atoms with Gasteiger partial charge in [-0.3, -0.25) is 4.79 Å². The Hall–Kier alpha value is -2.92. The third-order valence-corrected chi connectivity index (χ3v) is 4.63. The summed E-state index contributed by atoms with van der Waals surface area (Å²) >= 11 is 0. The lowest BCUT2D eigenvalue weighted by Gasteiger charge is -2.25. The lowest BCUT2D eigenvalue weighted by atomic mass is 9.95. The van der Waals surface area contributed by atoms with E-state index in [4.69, 9.17) is 0 Å². The molecule has 0 spiro atoms. The van der Waals surface area contributed by atoms with Gasteiger partial charge in [0.05, 0.1) is 18.1 Å². The Bertz CT molecular complexity index is 873. The van der Waals surface area contributed by atoms with Crippen molar-refractivity contribution >= 4 is 5.91 Å². The summed E-state index contributed by atoms with van der Waals surface area (Å²) in [5.41, 5.74) is 4.62. The van der Waals surface area contributed by atoms with Crippen LogP contribution in [0.25, 0.3) is 5.69 Å². The van der Waals surface area contributed by atoms with Gasteiger partial charge < -0.3 is 15.2 Å². The van der Waals surface area contributed by atoms with Crippen molar-refractivity contribution in [1.82, 2.24) is 20.2 Å². The molecular formula is C20H20N4O. The van der Waals surface area contributed by atoms with Gasteiger partial charge in [-0.05, 0) is 29.2 Å². The fourth-order valence-corrected chi connectivity index (χ4v) is 3.26. The number of carbonyl (C=O) groups is 1. The van der Waals surface area contributed by atoms with Crippen molar-refractivity contribution in [2.45, 2.75) is 25.6 Å². The first-order chi connectivity index (χ1) is 12.3. The minimum atomic E-state index is -0.185. The van der Waals surface area contributed by atoms with E-state index in [1.54, 1.807) is 12.5 Å². The van der Waals surface area contributed by atoms with Crippen LogP contribution >= 0.6 is 0 Å². The smallest absolute Gasteiger partial charge is 0.237 e. The second-order valence-electron chi connectivity index (χ2n) is 6.22. The highest BCUT2D eigenvalue weighted by molar-refractivity contribution is 5.82. The standard InChI is InChI=1S/C20H20N4O/c25-20(18-11-15-5-1-2-6-16(15)12-22-18)23-13-17-7-3-4-8-19(17)24-10-9-21-14-24/h1-10,14,18,22H,11-13H2,(H,23,25). The molecule has 2 N–H and O–H groups in total. The summed E-state index contributed by atoms with van der Waals surface area (Å²) < 4.78 is 1.95. The Balaban J connectivity index is 1.44. The van der Waals surface area contributed by atoms with E-state index in [1.165, 1.54) is 11.1 Å². The first-order valence-corrected chi connectivity index (χ1v) is 8.45. The number of fused-ring (bicyclic) bond motifs is 1. The molecule has 1 aliphatic rings. The highest BCUT2D eigenvalue weighted by Crippen LogP contribution is 2.17. The summed E-state index contributed by atoms with van der Waals surface area (Å²) in [7, 11) is 0. The van der Waals surface area contributed by atoms with Crippen molar-refractivity contribution < 1.29 is 4.79 Å². The molecule has 4 rings (SSSR count). The van der Waals surface area contributed by atoms with Gasteiger partial charge in [-0.15, -0.1) is 0 Å². The Labute approximate surface area is 146 Å². The highest BCUT2D eigenvalue weighted by atomic mass is 16.2. The van der Waals surface area contributed by atoms with Crippen LogP contribution < -0.4 is 10.6 Å². The minimum absolute atomic E-state index is 0.0370. The van der Waals surface area contributed by atoms with Crippen LogP contribution in [0, 0.1) is 0 Å². The Kier molecular flexibility index (Phi) is 4.31. The summed E-state index contributed by atoms with van der Waals surface area (Å²) in [5, 5.41) is 6.39. The molecule has 3 aromatic rings. The number of hydrogen-bond acceptors (Lipinski definition) is 3. The van der Waals surface area contributed by atoms with Gasteiger partial charge in [0.2, 0.25) is 5.91 Å². The van der Waals surface area contributed by atoms with Gasteiger partial charge >= 0.3 is 0 Å². The molecule has 0 radical (unpaired) electrons. The molecule has 0 saturated carbocycles. The van der Waals surface area contributed by atoms with E-state index >= 15 is 0 Å². The molecule has 1 unspecified atom stereocenters. The molecule has 0 saturated heterocycles. The average Bonchev–Trinajstić information content (AvgIpc) is 3.20. The average molecular weight is 332 g/mol. The van der Waals surface area contributed by atoms with E-state index in [0.717, 1.165) is 24.2 Å². The quantitative estimate of drug-likeness (QED) is 0.770. The van der Waals surface area contributed by atoms with Crippen molar-refractivity contribution in [3.63, 3.8) is 0 Å². The second kappa shape index (κ2) is 6.91. The molecule has 0 bridgehead atoms. The maximum absolute atomic E-state index is 12.6. The summed E-state index contributed by atoms with van der Waals surface area (Å²) in [4.78, 5) is 16.7. The number of amides is 1. The van der Waals surface area contributed by atoms with E-state index in [1.807, 2.05) is 47.2 Å². The lowest BCUT2D eigenvalue weighted by Crippen LogP contribution is -2.47. The number of rotatable bonds is 4.